The molecule has 1 heterocycles. The molecule has 7 heteroatoms. The predicted octanol–water partition coefficient (Wildman–Crippen LogP) is 0.533. The van der Waals surface area contributed by atoms with Crippen LogP contribution in [0.1, 0.15) is 46.5 Å². The van der Waals surface area contributed by atoms with E-state index in [2.05, 4.69) is 13.8 Å². The molecule has 0 aromatic rings. The van der Waals surface area contributed by atoms with Gasteiger partial charge in [0.2, 0.25) is 0 Å². The van der Waals surface area contributed by atoms with Crippen molar-refractivity contribution in [2.75, 3.05) is 6.61 Å². The van der Waals surface area contributed by atoms with Gasteiger partial charge in [-0.05, 0) is 38.2 Å². The van der Waals surface area contributed by atoms with Crippen LogP contribution in [0.15, 0.2) is 12.2 Å². The largest absolute Gasteiger partial charge is 0.394 e. The number of aliphatic hydroxyl groups excluding tert-OH is 4. The van der Waals surface area contributed by atoms with Crippen LogP contribution in [0, 0.1) is 5.92 Å². The lowest BCUT2D eigenvalue weighted by Crippen LogP contribution is -2.59. The van der Waals surface area contributed by atoms with Crippen molar-refractivity contribution in [3.05, 3.63) is 12.2 Å². The molecule has 1 aliphatic heterocycles. The first kappa shape index (κ1) is 22.2. The molecule has 0 bridgehead atoms. The van der Waals surface area contributed by atoms with Gasteiger partial charge in [0, 0.05) is 6.42 Å². The molecule has 0 aromatic carbocycles. The molecule has 0 radical (unpaired) electrons. The lowest BCUT2D eigenvalue weighted by Gasteiger charge is -2.40. The van der Waals surface area contributed by atoms with E-state index in [0.717, 1.165) is 6.42 Å². The van der Waals surface area contributed by atoms with E-state index in [1.165, 1.54) is 0 Å². The van der Waals surface area contributed by atoms with Crippen molar-refractivity contribution >= 4 is 5.78 Å². The average Bonchev–Trinajstić information content (AvgIpc) is 2.57. The van der Waals surface area contributed by atoms with Gasteiger partial charge in [0.05, 0.1) is 12.7 Å². The Labute approximate surface area is 149 Å². The standard InChI is InChI=1S/C18H32O7/c1-11(2)8-9-13(20)7-5-4-6-12(3)24-18-17(23)16(22)15(21)14(10-19)25-18/h5,7,11-12,14-19,21-23H,4,6,8-10H2,1-3H3/b7-5+/t12-,14+,15+,16-,17-,18?/m1/s1. The third-order valence-electron chi connectivity index (χ3n) is 4.23. The summed E-state index contributed by atoms with van der Waals surface area (Å²) in [5.41, 5.74) is 0. The minimum Gasteiger partial charge on any atom is -0.394 e. The minimum absolute atomic E-state index is 0.108. The van der Waals surface area contributed by atoms with E-state index in [0.29, 0.717) is 25.2 Å². The lowest BCUT2D eigenvalue weighted by atomic mass is 9.99. The zero-order valence-corrected chi connectivity index (χ0v) is 15.2. The summed E-state index contributed by atoms with van der Waals surface area (Å²) in [4.78, 5) is 11.6. The van der Waals surface area contributed by atoms with E-state index in [9.17, 15) is 20.1 Å². The topological polar surface area (TPSA) is 116 Å². The van der Waals surface area contributed by atoms with Crippen LogP contribution in [0.2, 0.25) is 0 Å². The Morgan fingerprint density at radius 2 is 1.80 bits per heavy atom. The molecule has 7 nitrogen and oxygen atoms in total. The molecular weight excluding hydrogens is 328 g/mol. The van der Waals surface area contributed by atoms with Crippen molar-refractivity contribution in [2.45, 2.75) is 83.3 Å². The molecular formula is C18H32O7. The average molecular weight is 360 g/mol. The number of aliphatic hydroxyl groups is 4. The quantitative estimate of drug-likeness (QED) is 0.420. The minimum atomic E-state index is -1.44. The smallest absolute Gasteiger partial charge is 0.186 e. The van der Waals surface area contributed by atoms with E-state index in [4.69, 9.17) is 14.6 Å². The first-order valence-electron chi connectivity index (χ1n) is 8.91. The molecule has 1 fully saturated rings. The zero-order chi connectivity index (χ0) is 19.0. The predicted molar refractivity (Wildman–Crippen MR) is 91.8 cm³/mol. The first-order valence-corrected chi connectivity index (χ1v) is 8.91. The van der Waals surface area contributed by atoms with Crippen molar-refractivity contribution in [2.24, 2.45) is 5.92 Å². The molecule has 4 N–H and O–H groups in total. The molecule has 6 atom stereocenters. The summed E-state index contributed by atoms with van der Waals surface area (Å²) in [6, 6.07) is 0. The van der Waals surface area contributed by atoms with Crippen LogP contribution in [0.3, 0.4) is 0 Å². The van der Waals surface area contributed by atoms with Crippen LogP contribution >= 0.6 is 0 Å². The van der Waals surface area contributed by atoms with Crippen molar-refractivity contribution in [1.82, 2.24) is 0 Å². The Hall–Kier alpha value is -0.830. The van der Waals surface area contributed by atoms with Crippen molar-refractivity contribution in [1.29, 1.82) is 0 Å². The Bertz CT molecular complexity index is 422. The fourth-order valence-corrected chi connectivity index (χ4v) is 2.54. The van der Waals surface area contributed by atoms with Gasteiger partial charge in [0.25, 0.3) is 0 Å². The number of hydrogen-bond acceptors (Lipinski definition) is 7. The van der Waals surface area contributed by atoms with E-state index >= 15 is 0 Å². The molecule has 1 unspecified atom stereocenters. The van der Waals surface area contributed by atoms with Gasteiger partial charge in [-0.15, -0.1) is 0 Å². The zero-order valence-electron chi connectivity index (χ0n) is 15.2. The number of ketones is 1. The lowest BCUT2D eigenvalue weighted by molar-refractivity contribution is -0.310. The van der Waals surface area contributed by atoms with Gasteiger partial charge in [-0.25, -0.2) is 0 Å². The Morgan fingerprint density at radius 1 is 1.12 bits per heavy atom. The summed E-state index contributed by atoms with van der Waals surface area (Å²) in [7, 11) is 0. The number of carbonyl (C=O) groups is 1. The third kappa shape index (κ3) is 7.52. The summed E-state index contributed by atoms with van der Waals surface area (Å²) in [6.07, 6.45) is -0.586. The van der Waals surface area contributed by atoms with Gasteiger partial charge in [-0.3, -0.25) is 4.79 Å². The van der Waals surface area contributed by atoms with Gasteiger partial charge in [0.15, 0.2) is 12.1 Å². The molecule has 1 aliphatic rings. The Morgan fingerprint density at radius 3 is 2.40 bits per heavy atom. The fraction of sp³-hybridized carbons (Fsp3) is 0.833. The second kappa shape index (κ2) is 11.0. The van der Waals surface area contributed by atoms with Crippen LogP contribution in [0.4, 0.5) is 0 Å². The van der Waals surface area contributed by atoms with E-state index < -0.39 is 37.3 Å². The molecule has 0 saturated carbocycles. The molecule has 146 valence electrons. The van der Waals surface area contributed by atoms with Crippen LogP contribution in [-0.2, 0) is 14.3 Å². The molecule has 0 spiro atoms. The van der Waals surface area contributed by atoms with Crippen LogP contribution in [0.25, 0.3) is 0 Å². The second-order valence-electron chi connectivity index (χ2n) is 7.02. The summed E-state index contributed by atoms with van der Waals surface area (Å²) in [6.45, 7) is 5.46. The first-order chi connectivity index (χ1) is 11.8. The molecule has 25 heavy (non-hydrogen) atoms. The van der Waals surface area contributed by atoms with E-state index in [1.54, 1.807) is 19.1 Å². The number of rotatable bonds is 10. The monoisotopic (exact) mass is 360 g/mol. The number of ether oxygens (including phenoxy) is 2. The molecule has 0 aliphatic carbocycles. The maximum absolute atomic E-state index is 11.6. The summed E-state index contributed by atoms with van der Waals surface area (Å²) < 4.78 is 10.9. The van der Waals surface area contributed by atoms with Crippen molar-refractivity contribution in [3.63, 3.8) is 0 Å². The van der Waals surface area contributed by atoms with Crippen LogP contribution < -0.4 is 0 Å². The van der Waals surface area contributed by atoms with Gasteiger partial charge in [-0.2, -0.15) is 0 Å². The molecule has 0 aromatic heterocycles. The molecule has 0 amide bonds. The molecule has 1 rings (SSSR count). The van der Waals surface area contributed by atoms with Crippen molar-refractivity contribution in [3.8, 4) is 0 Å². The summed E-state index contributed by atoms with van der Waals surface area (Å²) in [5.74, 6) is 0.612. The van der Waals surface area contributed by atoms with Gasteiger partial charge in [0.1, 0.15) is 24.4 Å². The number of carbonyl (C=O) groups excluding carboxylic acids is 1. The van der Waals surface area contributed by atoms with Crippen molar-refractivity contribution < 1.29 is 34.7 Å². The highest BCUT2D eigenvalue weighted by atomic mass is 16.7. The van der Waals surface area contributed by atoms with Crippen LogP contribution in [0.5, 0.6) is 0 Å². The van der Waals surface area contributed by atoms with E-state index in [1.807, 2.05) is 0 Å². The van der Waals surface area contributed by atoms with Gasteiger partial charge < -0.3 is 29.9 Å². The second-order valence-corrected chi connectivity index (χ2v) is 7.02. The summed E-state index contributed by atoms with van der Waals surface area (Å²) >= 11 is 0. The Kier molecular flexibility index (Phi) is 9.78. The summed E-state index contributed by atoms with van der Waals surface area (Å²) in [5, 5.41) is 38.5. The highest BCUT2D eigenvalue weighted by Crippen LogP contribution is 2.23. The normalized spacial score (nSPS) is 31.6. The highest BCUT2D eigenvalue weighted by Gasteiger charge is 2.44. The molecule has 1 saturated heterocycles. The number of hydrogen-bond donors (Lipinski definition) is 4. The van der Waals surface area contributed by atoms with Gasteiger partial charge in [-0.1, -0.05) is 19.9 Å². The maximum atomic E-state index is 11.6. The SMILES string of the molecule is CC(C)CCC(=O)/C=C/CC[C@@H](C)OC1O[C@@H](CO)[C@H](O)[C@@H](O)[C@H]1O. The highest BCUT2D eigenvalue weighted by molar-refractivity contribution is 5.89. The van der Waals surface area contributed by atoms with Gasteiger partial charge >= 0.3 is 0 Å². The maximum Gasteiger partial charge on any atom is 0.186 e. The third-order valence-corrected chi connectivity index (χ3v) is 4.23. The van der Waals surface area contributed by atoms with Crippen LogP contribution in [-0.4, -0.2) is 69.6 Å². The fourth-order valence-electron chi connectivity index (χ4n) is 2.54. The van der Waals surface area contributed by atoms with E-state index in [-0.39, 0.29) is 11.9 Å². The number of allylic oxidation sites excluding steroid dienone is 2. The Balaban J connectivity index is 2.36.